The molecule has 0 atom stereocenters. The third-order valence-electron chi connectivity index (χ3n) is 2.54. The van der Waals surface area contributed by atoms with E-state index in [1.165, 1.54) is 10.7 Å². The van der Waals surface area contributed by atoms with Crippen LogP contribution in [0.2, 0.25) is 0 Å². The Hall–Kier alpha value is -1.92. The van der Waals surface area contributed by atoms with E-state index in [9.17, 15) is 14.9 Å². The van der Waals surface area contributed by atoms with Crippen LogP contribution in [0.3, 0.4) is 0 Å². The van der Waals surface area contributed by atoms with Gasteiger partial charge in [0.15, 0.2) is 5.69 Å². The maximum Gasteiger partial charge on any atom is 0.390 e. The van der Waals surface area contributed by atoms with Gasteiger partial charge >= 0.3 is 5.82 Å². The van der Waals surface area contributed by atoms with Gasteiger partial charge in [-0.3, -0.25) is 4.79 Å². The molecule has 7 nitrogen and oxygen atoms in total. The molecule has 1 fully saturated rings. The number of nitrogens with zero attached hydrogens (tertiary/aromatic N) is 3. The Balaban J connectivity index is 2.28. The Kier molecular flexibility index (Phi) is 2.83. The van der Waals surface area contributed by atoms with Gasteiger partial charge in [-0.15, -0.1) is 0 Å². The lowest BCUT2D eigenvalue weighted by Gasteiger charge is -2.06. The molecule has 7 heteroatoms. The third-order valence-corrected chi connectivity index (χ3v) is 2.54. The van der Waals surface area contributed by atoms with Crippen LogP contribution in [-0.2, 0) is 0 Å². The van der Waals surface area contributed by atoms with Gasteiger partial charge in [-0.25, -0.2) is 0 Å². The first-order chi connectivity index (χ1) is 7.99. The van der Waals surface area contributed by atoms with Crippen LogP contribution < -0.4 is 5.32 Å². The van der Waals surface area contributed by atoms with E-state index in [-0.39, 0.29) is 29.5 Å². The second-order valence-corrected chi connectivity index (χ2v) is 4.43. The second-order valence-electron chi connectivity index (χ2n) is 4.43. The van der Waals surface area contributed by atoms with Gasteiger partial charge < -0.3 is 15.4 Å². The van der Waals surface area contributed by atoms with Crippen LogP contribution in [0.15, 0.2) is 6.07 Å². The molecule has 1 heterocycles. The van der Waals surface area contributed by atoms with Crippen molar-refractivity contribution >= 4 is 11.7 Å². The van der Waals surface area contributed by atoms with Crippen molar-refractivity contribution in [2.45, 2.75) is 38.8 Å². The molecule has 1 saturated carbocycles. The van der Waals surface area contributed by atoms with Gasteiger partial charge in [-0.05, 0) is 31.6 Å². The fourth-order valence-corrected chi connectivity index (χ4v) is 1.52. The minimum atomic E-state index is -0.590. The van der Waals surface area contributed by atoms with Crippen molar-refractivity contribution in [3.63, 3.8) is 0 Å². The topological polar surface area (TPSA) is 90.1 Å². The van der Waals surface area contributed by atoms with E-state index in [1.54, 1.807) is 0 Å². The zero-order chi connectivity index (χ0) is 12.6. The predicted octanol–water partition coefficient (Wildman–Crippen LogP) is 1.26. The highest BCUT2D eigenvalue weighted by Crippen LogP contribution is 2.21. The van der Waals surface area contributed by atoms with E-state index >= 15 is 0 Å². The molecule has 1 amide bonds. The van der Waals surface area contributed by atoms with Crippen LogP contribution in [0.1, 0.15) is 43.2 Å². The quantitative estimate of drug-likeness (QED) is 0.631. The van der Waals surface area contributed by atoms with Crippen molar-refractivity contribution in [1.82, 2.24) is 15.1 Å². The molecule has 0 spiro atoms. The lowest BCUT2D eigenvalue weighted by molar-refractivity contribution is -0.389. The van der Waals surface area contributed by atoms with E-state index in [0.29, 0.717) is 0 Å². The maximum absolute atomic E-state index is 11.9. The molecule has 1 aliphatic rings. The smallest absolute Gasteiger partial charge is 0.358 e. The van der Waals surface area contributed by atoms with Crippen LogP contribution in [0, 0.1) is 10.1 Å². The summed E-state index contributed by atoms with van der Waals surface area (Å²) < 4.78 is 1.38. The zero-order valence-corrected chi connectivity index (χ0v) is 9.71. The Labute approximate surface area is 98.0 Å². The highest BCUT2D eigenvalue weighted by atomic mass is 16.6. The number of nitro groups is 1. The molecule has 0 aromatic carbocycles. The Morgan fingerprint density at radius 1 is 1.65 bits per heavy atom. The first-order valence-electron chi connectivity index (χ1n) is 5.54. The minimum Gasteiger partial charge on any atom is -0.358 e. The van der Waals surface area contributed by atoms with Gasteiger partial charge in [0.1, 0.15) is 0 Å². The average molecular weight is 238 g/mol. The van der Waals surface area contributed by atoms with Crippen molar-refractivity contribution in [2.75, 3.05) is 0 Å². The third kappa shape index (κ3) is 2.43. The maximum atomic E-state index is 11.9. The SMILES string of the molecule is CC(C)n1nc([N+](=O)[O-])cc1C(=O)NC1CC1. The summed E-state index contributed by atoms with van der Waals surface area (Å²) in [6.07, 6.45) is 1.95. The van der Waals surface area contributed by atoms with E-state index < -0.39 is 4.92 Å². The molecule has 1 aromatic heterocycles. The molecule has 0 unspecified atom stereocenters. The van der Waals surface area contributed by atoms with Crippen LogP contribution in [0.25, 0.3) is 0 Å². The number of hydrogen-bond donors (Lipinski definition) is 1. The lowest BCUT2D eigenvalue weighted by atomic mass is 10.3. The van der Waals surface area contributed by atoms with Crippen molar-refractivity contribution < 1.29 is 9.72 Å². The number of hydrogen-bond acceptors (Lipinski definition) is 4. The highest BCUT2D eigenvalue weighted by molar-refractivity contribution is 5.93. The normalized spacial score (nSPS) is 15.0. The summed E-state index contributed by atoms with van der Waals surface area (Å²) in [6, 6.07) is 1.35. The van der Waals surface area contributed by atoms with Crippen molar-refractivity contribution in [1.29, 1.82) is 0 Å². The van der Waals surface area contributed by atoms with Crippen LogP contribution in [0.5, 0.6) is 0 Å². The molecule has 92 valence electrons. The largest absolute Gasteiger partial charge is 0.390 e. The summed E-state index contributed by atoms with van der Waals surface area (Å²) in [6.45, 7) is 3.65. The first-order valence-corrected chi connectivity index (χ1v) is 5.54. The number of carbonyl (C=O) groups excluding carboxylic acids is 1. The number of carbonyl (C=O) groups is 1. The number of aromatic nitrogens is 2. The van der Waals surface area contributed by atoms with Crippen molar-refractivity contribution in [3.8, 4) is 0 Å². The zero-order valence-electron chi connectivity index (χ0n) is 9.71. The predicted molar refractivity (Wildman–Crippen MR) is 59.8 cm³/mol. The summed E-state index contributed by atoms with van der Waals surface area (Å²) in [5.74, 6) is -0.582. The molecule has 1 aromatic rings. The van der Waals surface area contributed by atoms with Gasteiger partial charge in [0.05, 0.1) is 17.2 Å². The molecule has 2 rings (SSSR count). The Morgan fingerprint density at radius 3 is 2.76 bits per heavy atom. The molecule has 1 aliphatic carbocycles. The monoisotopic (exact) mass is 238 g/mol. The molecule has 0 bridgehead atoms. The molecule has 0 aliphatic heterocycles. The molecular weight excluding hydrogens is 224 g/mol. The van der Waals surface area contributed by atoms with Gasteiger partial charge in [-0.1, -0.05) is 0 Å². The number of rotatable bonds is 4. The second kappa shape index (κ2) is 4.15. The van der Waals surface area contributed by atoms with E-state index in [0.717, 1.165) is 12.8 Å². The fraction of sp³-hybridized carbons (Fsp3) is 0.600. The van der Waals surface area contributed by atoms with Crippen molar-refractivity contribution in [3.05, 3.63) is 21.9 Å². The highest BCUT2D eigenvalue weighted by Gasteiger charge is 2.29. The van der Waals surface area contributed by atoms with E-state index in [4.69, 9.17) is 0 Å². The van der Waals surface area contributed by atoms with Crippen LogP contribution in [0.4, 0.5) is 5.82 Å². The van der Waals surface area contributed by atoms with Crippen molar-refractivity contribution in [2.24, 2.45) is 0 Å². The molecule has 17 heavy (non-hydrogen) atoms. The minimum absolute atomic E-state index is 0.0938. The lowest BCUT2D eigenvalue weighted by Crippen LogP contribution is -2.28. The van der Waals surface area contributed by atoms with Gasteiger partial charge in [0.2, 0.25) is 0 Å². The fourth-order valence-electron chi connectivity index (χ4n) is 1.52. The standard InChI is InChI=1S/C10H14N4O3/c1-6(2)13-8(5-9(12-13)14(16)17)10(15)11-7-3-4-7/h5-7H,3-4H2,1-2H3,(H,11,15). The summed E-state index contributed by atoms with van der Waals surface area (Å²) in [7, 11) is 0. The van der Waals surface area contributed by atoms with E-state index in [1.807, 2.05) is 13.8 Å². The summed E-state index contributed by atoms with van der Waals surface area (Å²) in [5.41, 5.74) is 0.249. The molecular formula is C10H14N4O3. The molecule has 1 N–H and O–H groups in total. The van der Waals surface area contributed by atoms with Gasteiger partial charge in [0.25, 0.3) is 5.91 Å². The van der Waals surface area contributed by atoms with Crippen LogP contribution >= 0.6 is 0 Å². The number of nitrogens with one attached hydrogen (secondary N) is 1. The summed E-state index contributed by atoms with van der Waals surface area (Å²) in [4.78, 5) is 21.9. The summed E-state index contributed by atoms with van der Waals surface area (Å²) in [5, 5.41) is 17.3. The Morgan fingerprint density at radius 2 is 2.29 bits per heavy atom. The van der Waals surface area contributed by atoms with Crippen LogP contribution in [-0.4, -0.2) is 26.7 Å². The summed E-state index contributed by atoms with van der Waals surface area (Å²) >= 11 is 0. The first kappa shape index (κ1) is 11.6. The Bertz CT molecular complexity index is 462. The molecule has 0 radical (unpaired) electrons. The van der Waals surface area contributed by atoms with E-state index in [2.05, 4.69) is 10.4 Å². The van der Waals surface area contributed by atoms with Gasteiger partial charge in [0, 0.05) is 6.04 Å². The number of amides is 1. The molecule has 0 saturated heterocycles. The van der Waals surface area contributed by atoms with Gasteiger partial charge in [-0.2, -0.15) is 4.68 Å². The average Bonchev–Trinajstić information content (AvgIpc) is 2.93.